The van der Waals surface area contributed by atoms with Gasteiger partial charge in [-0.15, -0.1) is 24.0 Å². The first-order valence-corrected chi connectivity index (χ1v) is 7.16. The minimum Gasteiger partial charge on any atom is -0.368 e. The zero-order chi connectivity index (χ0) is 16.4. The minimum absolute atomic E-state index is 0. The lowest BCUT2D eigenvalue weighted by atomic mass is 10.1. The molecule has 0 radical (unpaired) electrons. The maximum absolute atomic E-state index is 11.7. The van der Waals surface area contributed by atoms with E-state index < -0.39 is 5.91 Å². The van der Waals surface area contributed by atoms with Crippen molar-refractivity contribution in [1.29, 1.82) is 0 Å². The van der Waals surface area contributed by atoms with Gasteiger partial charge in [0.05, 0.1) is 6.54 Å². The van der Waals surface area contributed by atoms with Crippen molar-refractivity contribution in [2.24, 2.45) is 10.7 Å². The monoisotopic (exact) mass is 433 g/mol. The number of nitrogens with one attached hydrogen (secondary N) is 3. The Balaban J connectivity index is 0.00000484. The Morgan fingerprint density at radius 1 is 1.13 bits per heavy atom. The molecule has 0 fully saturated rings. The van der Waals surface area contributed by atoms with Crippen LogP contribution in [0.1, 0.15) is 29.3 Å². The number of halogens is 1. The number of benzene rings is 1. The summed E-state index contributed by atoms with van der Waals surface area (Å²) in [5.41, 5.74) is 6.48. The molecule has 0 aliphatic carbocycles. The summed E-state index contributed by atoms with van der Waals surface area (Å²) < 4.78 is 0. The average Bonchev–Trinajstić information content (AvgIpc) is 2.53. The van der Waals surface area contributed by atoms with Crippen LogP contribution < -0.4 is 21.7 Å². The molecule has 0 saturated carbocycles. The van der Waals surface area contributed by atoms with Gasteiger partial charge in [-0.2, -0.15) is 0 Å². The van der Waals surface area contributed by atoms with Gasteiger partial charge in [0.2, 0.25) is 5.91 Å². The third kappa shape index (κ3) is 8.38. The lowest BCUT2D eigenvalue weighted by Crippen LogP contribution is -2.37. The van der Waals surface area contributed by atoms with E-state index in [1.807, 2.05) is 12.1 Å². The minimum atomic E-state index is -0.569. The molecule has 1 rings (SSSR count). The van der Waals surface area contributed by atoms with Crippen molar-refractivity contribution in [1.82, 2.24) is 16.0 Å². The Morgan fingerprint density at radius 2 is 1.78 bits per heavy atom. The Bertz CT molecular complexity index is 531. The van der Waals surface area contributed by atoms with Crippen molar-refractivity contribution in [2.75, 3.05) is 20.1 Å². The summed E-state index contributed by atoms with van der Waals surface area (Å²) in [6.07, 6.45) is 1.02. The van der Waals surface area contributed by atoms with E-state index in [1.54, 1.807) is 19.2 Å². The number of hydrogen-bond donors (Lipinski definition) is 4. The number of nitrogens with zero attached hydrogens (tertiary/aromatic N) is 1. The fourth-order valence-electron chi connectivity index (χ4n) is 1.69. The van der Waals surface area contributed by atoms with Crippen LogP contribution in [0.3, 0.4) is 0 Å². The van der Waals surface area contributed by atoms with E-state index in [0.717, 1.165) is 24.5 Å². The van der Waals surface area contributed by atoms with Crippen molar-refractivity contribution in [3.05, 3.63) is 35.4 Å². The largest absolute Gasteiger partial charge is 0.368 e. The van der Waals surface area contributed by atoms with Crippen molar-refractivity contribution in [3.63, 3.8) is 0 Å². The molecule has 8 heteroatoms. The second kappa shape index (κ2) is 11.7. The lowest BCUT2D eigenvalue weighted by molar-refractivity contribution is -0.117. The Morgan fingerprint density at radius 3 is 2.30 bits per heavy atom. The predicted octanol–water partition coefficient (Wildman–Crippen LogP) is 0.595. The number of hydrogen-bond acceptors (Lipinski definition) is 3. The maximum atomic E-state index is 11.7. The number of aliphatic imine (C=N–C) groups is 1. The van der Waals surface area contributed by atoms with Gasteiger partial charge < -0.3 is 21.7 Å². The van der Waals surface area contributed by atoms with E-state index in [9.17, 15) is 9.59 Å². The summed E-state index contributed by atoms with van der Waals surface area (Å²) in [5.74, 6) is -0.149. The predicted molar refractivity (Wildman–Crippen MR) is 102 cm³/mol. The first-order valence-electron chi connectivity index (χ1n) is 7.16. The molecule has 2 amide bonds. The first kappa shape index (κ1) is 21.2. The van der Waals surface area contributed by atoms with Crippen LogP contribution in [0.2, 0.25) is 0 Å². The van der Waals surface area contributed by atoms with Crippen LogP contribution in [-0.4, -0.2) is 37.9 Å². The molecule has 0 aliphatic heterocycles. The Kier molecular flexibility index (Phi) is 10.8. The smallest absolute Gasteiger partial charge is 0.251 e. The summed E-state index contributed by atoms with van der Waals surface area (Å²) in [5, 5.41) is 8.81. The van der Waals surface area contributed by atoms with Gasteiger partial charge in [-0.25, -0.2) is 0 Å². The zero-order valence-corrected chi connectivity index (χ0v) is 15.7. The van der Waals surface area contributed by atoms with Crippen LogP contribution in [0.15, 0.2) is 29.3 Å². The number of primary amides is 1. The highest BCUT2D eigenvalue weighted by molar-refractivity contribution is 14.0. The van der Waals surface area contributed by atoms with Gasteiger partial charge in [0.15, 0.2) is 5.96 Å². The second-order valence-corrected chi connectivity index (χ2v) is 4.70. The highest BCUT2D eigenvalue weighted by Gasteiger charge is 2.06. The lowest BCUT2D eigenvalue weighted by Gasteiger charge is -2.11. The molecule has 1 aromatic rings. The molecule has 0 spiro atoms. The van der Waals surface area contributed by atoms with Crippen LogP contribution in [0.5, 0.6) is 0 Å². The molecule has 1 aromatic carbocycles. The molecule has 128 valence electrons. The normalized spacial score (nSPS) is 10.4. The van der Waals surface area contributed by atoms with E-state index in [4.69, 9.17) is 5.73 Å². The maximum Gasteiger partial charge on any atom is 0.251 e. The van der Waals surface area contributed by atoms with Crippen molar-refractivity contribution < 1.29 is 9.59 Å². The molecule has 0 unspecified atom stereocenters. The molecule has 7 nitrogen and oxygen atoms in total. The summed E-state index contributed by atoms with van der Waals surface area (Å²) in [6, 6.07) is 7.10. The number of guanidine groups is 1. The van der Waals surface area contributed by atoms with Gasteiger partial charge in [-0.05, 0) is 24.1 Å². The van der Waals surface area contributed by atoms with E-state index in [1.165, 1.54) is 0 Å². The Hall–Kier alpha value is -1.84. The third-order valence-electron chi connectivity index (χ3n) is 2.87. The van der Waals surface area contributed by atoms with Crippen molar-refractivity contribution in [2.45, 2.75) is 19.9 Å². The third-order valence-corrected chi connectivity index (χ3v) is 2.87. The Labute approximate surface area is 153 Å². The number of nitrogens with two attached hydrogens (primary N) is 1. The SMILES string of the molecule is CCCNC(=NC)NCc1ccc(C(=O)NCC(N)=O)cc1.I. The molecule has 0 saturated heterocycles. The van der Waals surface area contributed by atoms with Crippen molar-refractivity contribution >= 4 is 41.8 Å². The molecule has 0 bridgehead atoms. The van der Waals surface area contributed by atoms with Crippen molar-refractivity contribution in [3.8, 4) is 0 Å². The van der Waals surface area contributed by atoms with Crippen LogP contribution in [0.4, 0.5) is 0 Å². The highest BCUT2D eigenvalue weighted by Crippen LogP contribution is 2.04. The van der Waals surface area contributed by atoms with Gasteiger partial charge in [-0.3, -0.25) is 14.6 Å². The molecule has 5 N–H and O–H groups in total. The zero-order valence-electron chi connectivity index (χ0n) is 13.4. The average molecular weight is 433 g/mol. The number of carbonyl (C=O) groups is 2. The molecule has 0 aliphatic rings. The van der Waals surface area contributed by atoms with Crippen LogP contribution >= 0.6 is 24.0 Å². The summed E-state index contributed by atoms with van der Waals surface area (Å²) >= 11 is 0. The van der Waals surface area contributed by atoms with E-state index in [-0.39, 0.29) is 36.4 Å². The quantitative estimate of drug-likeness (QED) is 0.287. The molecular formula is C15H24IN5O2. The fraction of sp³-hybridized carbons (Fsp3) is 0.400. The fourth-order valence-corrected chi connectivity index (χ4v) is 1.69. The summed E-state index contributed by atoms with van der Waals surface area (Å²) in [4.78, 5) is 26.5. The van der Waals surface area contributed by atoms with Crippen LogP contribution in [-0.2, 0) is 11.3 Å². The second-order valence-electron chi connectivity index (χ2n) is 4.70. The van der Waals surface area contributed by atoms with E-state index in [0.29, 0.717) is 12.1 Å². The number of amides is 2. The number of carbonyl (C=O) groups excluding carboxylic acids is 2. The molecule has 0 heterocycles. The van der Waals surface area contributed by atoms with Gasteiger partial charge in [-0.1, -0.05) is 19.1 Å². The van der Waals surface area contributed by atoms with Gasteiger partial charge in [0.25, 0.3) is 5.91 Å². The van der Waals surface area contributed by atoms with Gasteiger partial charge in [0.1, 0.15) is 0 Å². The summed E-state index contributed by atoms with van der Waals surface area (Å²) in [7, 11) is 1.72. The molecule has 0 aromatic heterocycles. The standard InChI is InChI=1S/C15H23N5O2.HI/c1-3-8-18-15(17-2)20-9-11-4-6-12(7-5-11)14(22)19-10-13(16)21;/h4-7H,3,8-10H2,1-2H3,(H2,16,21)(H,19,22)(H2,17,18,20);1H. The first-order chi connectivity index (χ1) is 10.6. The topological polar surface area (TPSA) is 109 Å². The van der Waals surface area contributed by atoms with E-state index in [2.05, 4.69) is 27.9 Å². The van der Waals surface area contributed by atoms with Crippen LogP contribution in [0.25, 0.3) is 0 Å². The van der Waals surface area contributed by atoms with Gasteiger partial charge >= 0.3 is 0 Å². The van der Waals surface area contributed by atoms with E-state index >= 15 is 0 Å². The van der Waals surface area contributed by atoms with Crippen LogP contribution in [0, 0.1) is 0 Å². The highest BCUT2D eigenvalue weighted by atomic mass is 127. The summed E-state index contributed by atoms with van der Waals surface area (Å²) in [6.45, 7) is 3.38. The van der Waals surface area contributed by atoms with Gasteiger partial charge in [0, 0.05) is 25.7 Å². The number of rotatable bonds is 7. The molecule has 23 heavy (non-hydrogen) atoms. The molecule has 0 atom stereocenters. The molecular weight excluding hydrogens is 409 g/mol.